The van der Waals surface area contributed by atoms with Crippen molar-refractivity contribution in [2.24, 2.45) is 5.73 Å². The van der Waals surface area contributed by atoms with Crippen molar-refractivity contribution in [3.63, 3.8) is 0 Å². The molecule has 20 heavy (non-hydrogen) atoms. The standard InChI is InChI=1S/C13H18N6O/c1-3-13(14,4-2)12(20)16-10-5-7-11(8-6-10)19-9-15-17-18-19/h5-9H,3-4,14H2,1-2H3,(H,16,20). The minimum atomic E-state index is -0.825. The van der Waals surface area contributed by atoms with Crippen molar-refractivity contribution in [1.29, 1.82) is 0 Å². The first kappa shape index (κ1) is 14.1. The third kappa shape index (κ3) is 2.83. The number of amides is 1. The molecule has 0 saturated carbocycles. The molecule has 2 aromatic rings. The van der Waals surface area contributed by atoms with Gasteiger partial charge in [0.2, 0.25) is 5.91 Å². The molecule has 1 heterocycles. The van der Waals surface area contributed by atoms with E-state index < -0.39 is 5.54 Å². The maximum absolute atomic E-state index is 12.1. The summed E-state index contributed by atoms with van der Waals surface area (Å²) in [5.74, 6) is -0.169. The Hall–Kier alpha value is -2.28. The van der Waals surface area contributed by atoms with Crippen LogP contribution in [-0.4, -0.2) is 31.7 Å². The number of aromatic nitrogens is 4. The van der Waals surface area contributed by atoms with Crippen LogP contribution >= 0.6 is 0 Å². The van der Waals surface area contributed by atoms with Crippen LogP contribution in [0.1, 0.15) is 26.7 Å². The van der Waals surface area contributed by atoms with E-state index in [-0.39, 0.29) is 5.91 Å². The average Bonchev–Trinajstić information content (AvgIpc) is 3.01. The van der Waals surface area contributed by atoms with E-state index >= 15 is 0 Å². The lowest BCUT2D eigenvalue weighted by atomic mass is 9.93. The molecule has 0 radical (unpaired) electrons. The Bertz CT molecular complexity index is 559. The van der Waals surface area contributed by atoms with Crippen LogP contribution in [0.4, 0.5) is 5.69 Å². The van der Waals surface area contributed by atoms with Crippen LogP contribution < -0.4 is 11.1 Å². The SMILES string of the molecule is CCC(N)(CC)C(=O)Nc1ccc(-n2cnnn2)cc1. The summed E-state index contributed by atoms with van der Waals surface area (Å²) in [5.41, 5.74) is 6.74. The average molecular weight is 274 g/mol. The van der Waals surface area contributed by atoms with Crippen LogP contribution in [0.5, 0.6) is 0 Å². The molecule has 0 fully saturated rings. The Morgan fingerprint density at radius 3 is 2.45 bits per heavy atom. The molecule has 0 aliphatic rings. The van der Waals surface area contributed by atoms with Crippen LogP contribution in [0, 0.1) is 0 Å². The number of rotatable bonds is 5. The highest BCUT2D eigenvalue weighted by Gasteiger charge is 2.29. The largest absolute Gasteiger partial charge is 0.324 e. The van der Waals surface area contributed by atoms with Gasteiger partial charge in [-0.3, -0.25) is 4.79 Å². The van der Waals surface area contributed by atoms with Crippen molar-refractivity contribution in [2.45, 2.75) is 32.2 Å². The first-order valence-electron chi connectivity index (χ1n) is 6.53. The Labute approximate surface area is 117 Å². The second-order valence-corrected chi connectivity index (χ2v) is 4.62. The normalized spacial score (nSPS) is 11.3. The van der Waals surface area contributed by atoms with Crippen molar-refractivity contribution in [2.75, 3.05) is 5.32 Å². The molecule has 0 aliphatic heterocycles. The number of benzene rings is 1. The Kier molecular flexibility index (Phi) is 4.09. The molecule has 2 rings (SSSR count). The number of nitrogens with zero attached hydrogens (tertiary/aromatic N) is 4. The number of tetrazole rings is 1. The lowest BCUT2D eigenvalue weighted by Crippen LogP contribution is -2.50. The number of hydrogen-bond acceptors (Lipinski definition) is 5. The molecule has 3 N–H and O–H groups in total. The molecular weight excluding hydrogens is 256 g/mol. The van der Waals surface area contributed by atoms with Crippen LogP contribution in [0.25, 0.3) is 5.69 Å². The summed E-state index contributed by atoms with van der Waals surface area (Å²) >= 11 is 0. The van der Waals surface area contributed by atoms with Gasteiger partial charge in [-0.15, -0.1) is 5.10 Å². The van der Waals surface area contributed by atoms with Gasteiger partial charge in [-0.1, -0.05) is 13.8 Å². The van der Waals surface area contributed by atoms with Gasteiger partial charge in [-0.25, -0.2) is 4.68 Å². The molecule has 1 amide bonds. The summed E-state index contributed by atoms with van der Waals surface area (Å²) < 4.78 is 1.54. The lowest BCUT2D eigenvalue weighted by molar-refractivity contribution is -0.121. The second-order valence-electron chi connectivity index (χ2n) is 4.62. The third-order valence-electron chi connectivity index (χ3n) is 3.45. The molecule has 0 saturated heterocycles. The van der Waals surface area contributed by atoms with Gasteiger partial charge in [0.25, 0.3) is 0 Å². The predicted molar refractivity (Wildman–Crippen MR) is 75.3 cm³/mol. The number of carbonyl (C=O) groups is 1. The molecule has 0 aliphatic carbocycles. The minimum Gasteiger partial charge on any atom is -0.324 e. The van der Waals surface area contributed by atoms with Crippen LogP contribution in [0.2, 0.25) is 0 Å². The molecule has 0 bridgehead atoms. The van der Waals surface area contributed by atoms with E-state index in [1.54, 1.807) is 12.1 Å². The Morgan fingerprint density at radius 1 is 1.30 bits per heavy atom. The zero-order valence-corrected chi connectivity index (χ0v) is 11.6. The van der Waals surface area contributed by atoms with Crippen molar-refractivity contribution in [3.8, 4) is 5.69 Å². The highest BCUT2D eigenvalue weighted by Crippen LogP contribution is 2.17. The summed E-state index contributed by atoms with van der Waals surface area (Å²) in [6.45, 7) is 3.81. The van der Waals surface area contributed by atoms with Crippen molar-refractivity contribution in [3.05, 3.63) is 30.6 Å². The van der Waals surface area contributed by atoms with Crippen molar-refractivity contribution < 1.29 is 4.79 Å². The number of anilines is 1. The van der Waals surface area contributed by atoms with E-state index in [1.165, 1.54) is 11.0 Å². The molecule has 106 valence electrons. The van der Waals surface area contributed by atoms with Crippen LogP contribution in [0.3, 0.4) is 0 Å². The molecule has 0 atom stereocenters. The van der Waals surface area contributed by atoms with Gasteiger partial charge in [0.15, 0.2) is 0 Å². The maximum atomic E-state index is 12.1. The number of hydrogen-bond donors (Lipinski definition) is 2. The fourth-order valence-electron chi connectivity index (χ4n) is 1.80. The minimum absolute atomic E-state index is 0.169. The zero-order valence-electron chi connectivity index (χ0n) is 11.6. The molecule has 0 unspecified atom stereocenters. The summed E-state index contributed by atoms with van der Waals surface area (Å²) in [5, 5.41) is 13.8. The van der Waals surface area contributed by atoms with Crippen molar-refractivity contribution in [1.82, 2.24) is 20.2 Å². The van der Waals surface area contributed by atoms with Gasteiger partial charge in [0.05, 0.1) is 11.2 Å². The molecule has 1 aromatic carbocycles. The third-order valence-corrected chi connectivity index (χ3v) is 3.45. The summed E-state index contributed by atoms with van der Waals surface area (Å²) in [7, 11) is 0. The molecule has 7 heteroatoms. The van der Waals surface area contributed by atoms with Gasteiger partial charge in [0, 0.05) is 5.69 Å². The van der Waals surface area contributed by atoms with E-state index in [0.29, 0.717) is 18.5 Å². The van der Waals surface area contributed by atoms with Crippen molar-refractivity contribution >= 4 is 11.6 Å². The van der Waals surface area contributed by atoms with Gasteiger partial charge in [-0.2, -0.15) is 0 Å². The monoisotopic (exact) mass is 274 g/mol. The fraction of sp³-hybridized carbons (Fsp3) is 0.385. The van der Waals surface area contributed by atoms with Gasteiger partial charge in [0.1, 0.15) is 6.33 Å². The summed E-state index contributed by atoms with van der Waals surface area (Å²) in [6.07, 6.45) is 2.70. The highest BCUT2D eigenvalue weighted by atomic mass is 16.2. The highest BCUT2D eigenvalue weighted by molar-refractivity contribution is 5.97. The predicted octanol–water partition coefficient (Wildman–Crippen LogP) is 1.12. The first-order valence-corrected chi connectivity index (χ1v) is 6.53. The van der Waals surface area contributed by atoms with E-state index in [2.05, 4.69) is 20.8 Å². The smallest absolute Gasteiger partial charge is 0.244 e. The molecule has 0 spiro atoms. The van der Waals surface area contributed by atoms with Gasteiger partial charge >= 0.3 is 0 Å². The van der Waals surface area contributed by atoms with Crippen LogP contribution in [0.15, 0.2) is 30.6 Å². The molecule has 7 nitrogen and oxygen atoms in total. The van der Waals surface area contributed by atoms with Gasteiger partial charge < -0.3 is 11.1 Å². The lowest BCUT2D eigenvalue weighted by Gasteiger charge is -2.25. The molecule has 1 aromatic heterocycles. The summed E-state index contributed by atoms with van der Waals surface area (Å²) in [4.78, 5) is 12.1. The van der Waals surface area contributed by atoms with E-state index in [4.69, 9.17) is 5.73 Å². The van der Waals surface area contributed by atoms with Crippen LogP contribution in [-0.2, 0) is 4.79 Å². The van der Waals surface area contributed by atoms with E-state index in [1.807, 2.05) is 26.0 Å². The number of nitrogens with two attached hydrogens (primary N) is 1. The topological polar surface area (TPSA) is 98.7 Å². The van der Waals surface area contributed by atoms with Gasteiger partial charge in [-0.05, 0) is 47.5 Å². The fourth-order valence-corrected chi connectivity index (χ4v) is 1.80. The molecular formula is C13H18N6O. The van der Waals surface area contributed by atoms with E-state index in [9.17, 15) is 4.79 Å². The quantitative estimate of drug-likeness (QED) is 0.851. The maximum Gasteiger partial charge on any atom is 0.244 e. The first-order chi connectivity index (χ1) is 9.59. The number of nitrogens with one attached hydrogen (secondary N) is 1. The van der Waals surface area contributed by atoms with E-state index in [0.717, 1.165) is 5.69 Å². The Morgan fingerprint density at radius 2 is 1.95 bits per heavy atom. The Balaban J connectivity index is 2.10. The second kappa shape index (κ2) is 5.79. The zero-order chi connectivity index (χ0) is 14.6. The number of carbonyl (C=O) groups excluding carboxylic acids is 1. The summed E-state index contributed by atoms with van der Waals surface area (Å²) in [6, 6.07) is 7.23.